The van der Waals surface area contributed by atoms with E-state index in [1.807, 2.05) is 0 Å². The molecule has 0 aliphatic carbocycles. The topological polar surface area (TPSA) is 94.0 Å². The molecule has 1 aromatic carbocycles. The third-order valence-corrected chi connectivity index (χ3v) is 3.25. The van der Waals surface area contributed by atoms with Gasteiger partial charge in [0.15, 0.2) is 5.82 Å². The molecule has 1 amide bonds. The average Bonchev–Trinajstić information content (AvgIpc) is 2.34. The smallest absolute Gasteiger partial charge is 0.267 e. The molecular formula is C12H10BrClN4O. The molecule has 98 valence electrons. The number of pyridine rings is 1. The summed E-state index contributed by atoms with van der Waals surface area (Å²) in [7, 11) is 0. The fourth-order valence-electron chi connectivity index (χ4n) is 1.43. The molecule has 0 spiro atoms. The van der Waals surface area contributed by atoms with E-state index in [2.05, 4.69) is 26.2 Å². The predicted octanol–water partition coefficient (Wildman–Crippen LogP) is 2.92. The van der Waals surface area contributed by atoms with Crippen molar-refractivity contribution in [3.05, 3.63) is 45.5 Å². The highest BCUT2D eigenvalue weighted by Gasteiger charge is 2.09. The number of hydrogen-bond donors (Lipinski definition) is 3. The minimum absolute atomic E-state index is 0.141. The van der Waals surface area contributed by atoms with Crippen molar-refractivity contribution in [1.29, 1.82) is 0 Å². The van der Waals surface area contributed by atoms with Gasteiger partial charge >= 0.3 is 0 Å². The van der Waals surface area contributed by atoms with E-state index in [1.54, 1.807) is 24.3 Å². The maximum absolute atomic E-state index is 11.1. The van der Waals surface area contributed by atoms with Crippen molar-refractivity contribution in [2.45, 2.75) is 0 Å². The Morgan fingerprint density at radius 2 is 2.05 bits per heavy atom. The minimum Gasteiger partial charge on any atom is -0.396 e. The van der Waals surface area contributed by atoms with Crippen molar-refractivity contribution in [3.63, 3.8) is 0 Å². The zero-order valence-electron chi connectivity index (χ0n) is 9.65. The maximum Gasteiger partial charge on any atom is 0.267 e. The molecule has 19 heavy (non-hydrogen) atoms. The third kappa shape index (κ3) is 3.15. The van der Waals surface area contributed by atoms with Crippen molar-refractivity contribution in [2.75, 3.05) is 11.1 Å². The first-order chi connectivity index (χ1) is 8.97. The summed E-state index contributed by atoms with van der Waals surface area (Å²) in [6.45, 7) is 0. The van der Waals surface area contributed by atoms with E-state index in [0.717, 1.165) is 10.2 Å². The number of anilines is 3. The van der Waals surface area contributed by atoms with Gasteiger partial charge < -0.3 is 16.8 Å². The van der Waals surface area contributed by atoms with Crippen LogP contribution < -0.4 is 16.8 Å². The fourth-order valence-corrected chi connectivity index (χ4v) is 2.21. The number of hydrogen-bond acceptors (Lipinski definition) is 4. The Kier molecular flexibility index (Phi) is 3.92. The van der Waals surface area contributed by atoms with Crippen LogP contribution in [0.3, 0.4) is 0 Å². The fraction of sp³-hybridized carbons (Fsp3) is 0. The number of halogens is 2. The van der Waals surface area contributed by atoms with Crippen molar-refractivity contribution < 1.29 is 4.79 Å². The van der Waals surface area contributed by atoms with E-state index in [9.17, 15) is 4.79 Å². The lowest BCUT2D eigenvalue weighted by molar-refractivity contribution is 0.0996. The summed E-state index contributed by atoms with van der Waals surface area (Å²) in [5.41, 5.74) is 12.3. The van der Waals surface area contributed by atoms with Crippen molar-refractivity contribution >= 4 is 50.6 Å². The van der Waals surface area contributed by atoms with Gasteiger partial charge in [-0.15, -0.1) is 0 Å². The summed E-state index contributed by atoms with van der Waals surface area (Å²) in [6.07, 6.45) is 0. The normalized spacial score (nSPS) is 10.2. The Morgan fingerprint density at radius 3 is 2.68 bits per heavy atom. The van der Waals surface area contributed by atoms with Crippen LogP contribution in [0, 0.1) is 0 Å². The van der Waals surface area contributed by atoms with Crippen LogP contribution >= 0.6 is 27.5 Å². The number of rotatable bonds is 3. The second-order valence-corrected chi connectivity index (χ2v) is 5.04. The summed E-state index contributed by atoms with van der Waals surface area (Å²) >= 11 is 9.23. The Hall–Kier alpha value is -1.79. The molecule has 0 bridgehead atoms. The first-order valence-electron chi connectivity index (χ1n) is 5.26. The zero-order chi connectivity index (χ0) is 14.0. The van der Waals surface area contributed by atoms with Crippen LogP contribution in [-0.2, 0) is 0 Å². The molecule has 1 heterocycles. The number of aromatic nitrogens is 1. The lowest BCUT2D eigenvalue weighted by Crippen LogP contribution is -2.14. The monoisotopic (exact) mass is 340 g/mol. The highest BCUT2D eigenvalue weighted by Crippen LogP contribution is 2.29. The first-order valence-corrected chi connectivity index (χ1v) is 6.43. The molecule has 0 saturated heterocycles. The van der Waals surface area contributed by atoms with Gasteiger partial charge in [-0.25, -0.2) is 4.98 Å². The third-order valence-electron chi connectivity index (χ3n) is 2.36. The number of carbonyl (C=O) groups excluding carboxylic acids is 1. The summed E-state index contributed by atoms with van der Waals surface area (Å²) in [5, 5.41) is 3.61. The van der Waals surface area contributed by atoms with Gasteiger partial charge in [-0.1, -0.05) is 11.6 Å². The molecular weight excluding hydrogens is 332 g/mol. The van der Waals surface area contributed by atoms with Crippen LogP contribution in [0.4, 0.5) is 17.2 Å². The average molecular weight is 342 g/mol. The van der Waals surface area contributed by atoms with Crippen LogP contribution in [-0.4, -0.2) is 10.9 Å². The molecule has 2 aromatic rings. The SMILES string of the molecule is NC(=O)c1ccc(N)c(Nc2ccc(Cl)cc2Br)n1. The van der Waals surface area contributed by atoms with Crippen molar-refractivity contribution in [2.24, 2.45) is 5.73 Å². The number of nitrogens with two attached hydrogens (primary N) is 2. The second kappa shape index (κ2) is 5.46. The van der Waals surface area contributed by atoms with Crippen molar-refractivity contribution in [1.82, 2.24) is 4.98 Å². The zero-order valence-corrected chi connectivity index (χ0v) is 12.0. The lowest BCUT2D eigenvalue weighted by atomic mass is 10.3. The minimum atomic E-state index is -0.613. The number of nitrogens with zero attached hydrogens (tertiary/aromatic N) is 1. The van der Waals surface area contributed by atoms with Crippen LogP contribution in [0.25, 0.3) is 0 Å². The lowest BCUT2D eigenvalue weighted by Gasteiger charge is -2.11. The Balaban J connectivity index is 2.37. The number of benzene rings is 1. The molecule has 1 aromatic heterocycles. The quantitative estimate of drug-likeness (QED) is 0.800. The van der Waals surface area contributed by atoms with E-state index >= 15 is 0 Å². The first kappa shape index (κ1) is 13.6. The van der Waals surface area contributed by atoms with E-state index in [-0.39, 0.29) is 5.69 Å². The van der Waals surface area contributed by atoms with Gasteiger partial charge in [0, 0.05) is 9.50 Å². The van der Waals surface area contributed by atoms with Crippen LogP contribution in [0.5, 0.6) is 0 Å². The number of nitrogens with one attached hydrogen (secondary N) is 1. The number of nitrogen functional groups attached to an aromatic ring is 1. The van der Waals surface area contributed by atoms with Gasteiger partial charge in [-0.3, -0.25) is 4.79 Å². The summed E-state index contributed by atoms with van der Waals surface area (Å²) < 4.78 is 0.755. The van der Waals surface area contributed by atoms with Crippen LogP contribution in [0.2, 0.25) is 5.02 Å². The van der Waals surface area contributed by atoms with Gasteiger partial charge in [0.25, 0.3) is 5.91 Å². The highest BCUT2D eigenvalue weighted by atomic mass is 79.9. The van der Waals surface area contributed by atoms with Gasteiger partial charge in [-0.05, 0) is 46.3 Å². The molecule has 0 atom stereocenters. The van der Waals surface area contributed by atoms with Gasteiger partial charge in [0.1, 0.15) is 5.69 Å². The van der Waals surface area contributed by atoms with Gasteiger partial charge in [-0.2, -0.15) is 0 Å². The number of primary amides is 1. The molecule has 0 fully saturated rings. The molecule has 2 rings (SSSR count). The molecule has 0 unspecified atom stereocenters. The molecule has 0 aliphatic rings. The largest absolute Gasteiger partial charge is 0.396 e. The molecule has 0 radical (unpaired) electrons. The molecule has 0 saturated carbocycles. The molecule has 5 nitrogen and oxygen atoms in total. The predicted molar refractivity (Wildman–Crippen MR) is 79.6 cm³/mol. The van der Waals surface area contributed by atoms with Gasteiger partial charge in [0.05, 0.1) is 11.4 Å². The molecule has 7 heteroatoms. The van der Waals surface area contributed by atoms with Crippen molar-refractivity contribution in [3.8, 4) is 0 Å². The Bertz CT molecular complexity index is 648. The van der Waals surface area contributed by atoms with Crippen LogP contribution in [0.1, 0.15) is 10.5 Å². The Labute approximate surface area is 123 Å². The number of amides is 1. The number of carbonyl (C=O) groups is 1. The van der Waals surface area contributed by atoms with E-state index in [0.29, 0.717) is 16.5 Å². The second-order valence-electron chi connectivity index (χ2n) is 3.75. The summed E-state index contributed by atoms with van der Waals surface area (Å²) in [4.78, 5) is 15.2. The van der Waals surface area contributed by atoms with E-state index < -0.39 is 5.91 Å². The van der Waals surface area contributed by atoms with Crippen LogP contribution in [0.15, 0.2) is 34.8 Å². The molecule has 0 aliphatic heterocycles. The molecule has 5 N–H and O–H groups in total. The standard InChI is InChI=1S/C12H10BrClN4O/c13-7-5-6(14)1-3-9(7)17-12-8(15)2-4-10(18-12)11(16)19/h1-5H,15H2,(H2,16,19)(H,17,18). The highest BCUT2D eigenvalue weighted by molar-refractivity contribution is 9.10. The van der Waals surface area contributed by atoms with Gasteiger partial charge in [0.2, 0.25) is 0 Å². The summed E-state index contributed by atoms with van der Waals surface area (Å²) in [6, 6.07) is 8.27. The van der Waals surface area contributed by atoms with E-state index in [1.165, 1.54) is 6.07 Å². The maximum atomic E-state index is 11.1. The summed E-state index contributed by atoms with van der Waals surface area (Å²) in [5.74, 6) is -0.252. The van der Waals surface area contributed by atoms with E-state index in [4.69, 9.17) is 23.1 Å². The Morgan fingerprint density at radius 1 is 1.32 bits per heavy atom.